The predicted molar refractivity (Wildman–Crippen MR) is 83.9 cm³/mol. The highest BCUT2D eigenvalue weighted by molar-refractivity contribution is 5.65. The Kier molecular flexibility index (Phi) is 3.94. The molecule has 1 amide bonds. The van der Waals surface area contributed by atoms with E-state index >= 15 is 0 Å². The van der Waals surface area contributed by atoms with Crippen LogP contribution in [0.3, 0.4) is 0 Å². The number of hydrogen-bond acceptors (Lipinski definition) is 4. The van der Waals surface area contributed by atoms with E-state index in [1.54, 1.807) is 0 Å². The minimum atomic E-state index is -1.05. The molecule has 0 aliphatic heterocycles. The van der Waals surface area contributed by atoms with E-state index in [0.29, 0.717) is 17.2 Å². The van der Waals surface area contributed by atoms with Gasteiger partial charge < -0.3 is 15.5 Å². The number of nitrogens with one attached hydrogen (secondary N) is 1. The van der Waals surface area contributed by atoms with Crippen molar-refractivity contribution in [2.75, 3.05) is 0 Å². The number of rotatable bonds is 4. The van der Waals surface area contributed by atoms with Gasteiger partial charge >= 0.3 is 6.09 Å². The van der Waals surface area contributed by atoms with Crippen molar-refractivity contribution in [1.29, 1.82) is 0 Å². The van der Waals surface area contributed by atoms with Crippen molar-refractivity contribution >= 4 is 11.7 Å². The summed E-state index contributed by atoms with van der Waals surface area (Å²) in [5, 5.41) is 20.5. The molecule has 0 saturated heterocycles. The van der Waals surface area contributed by atoms with E-state index in [4.69, 9.17) is 5.11 Å². The molecule has 0 radical (unpaired) electrons. The first kappa shape index (κ1) is 15.0. The van der Waals surface area contributed by atoms with Crippen LogP contribution in [0.5, 0.6) is 0 Å². The van der Waals surface area contributed by atoms with Crippen LogP contribution in [0.2, 0.25) is 0 Å². The zero-order chi connectivity index (χ0) is 16.4. The number of carbonyl (C=O) groups is 1. The summed E-state index contributed by atoms with van der Waals surface area (Å²) in [6.45, 7) is 2.07. The Morgan fingerprint density at radius 2 is 2.09 bits per heavy atom. The maximum Gasteiger partial charge on any atom is 0.404 e. The third kappa shape index (κ3) is 2.86. The summed E-state index contributed by atoms with van der Waals surface area (Å²) < 4.78 is 1.81. The molecule has 0 aliphatic carbocycles. The topological polar surface area (TPSA) is 99.8 Å². The van der Waals surface area contributed by atoms with Crippen LogP contribution in [0.1, 0.15) is 16.8 Å². The number of benzene rings is 1. The zero-order valence-corrected chi connectivity index (χ0v) is 12.5. The molecule has 7 nitrogen and oxygen atoms in total. The molecule has 3 N–H and O–H groups in total. The van der Waals surface area contributed by atoms with Gasteiger partial charge in [-0.2, -0.15) is 0 Å². The molecule has 0 saturated carbocycles. The fourth-order valence-corrected chi connectivity index (χ4v) is 2.54. The Morgan fingerprint density at radius 1 is 1.26 bits per heavy atom. The monoisotopic (exact) mass is 312 g/mol. The molecule has 0 bridgehead atoms. The molecule has 0 fully saturated rings. The van der Waals surface area contributed by atoms with Crippen molar-refractivity contribution in [1.82, 2.24) is 19.7 Å². The molecule has 2 heterocycles. The van der Waals surface area contributed by atoms with E-state index in [1.807, 2.05) is 41.7 Å². The molecule has 7 heteroatoms. The van der Waals surface area contributed by atoms with Gasteiger partial charge in [-0.15, -0.1) is 0 Å². The minimum absolute atomic E-state index is 0.103. The number of aryl methyl sites for hydroxylation is 1. The Hall–Kier alpha value is -2.93. The summed E-state index contributed by atoms with van der Waals surface area (Å²) in [5.41, 5.74) is 4.16. The van der Waals surface area contributed by atoms with E-state index in [2.05, 4.69) is 15.3 Å². The first-order valence-corrected chi connectivity index (χ1v) is 7.09. The quantitative estimate of drug-likeness (QED) is 0.684. The normalized spacial score (nSPS) is 10.9. The molecule has 3 rings (SSSR count). The molecule has 0 atom stereocenters. The number of carboxylic acid groups (broad SMARTS) is 1. The van der Waals surface area contributed by atoms with Gasteiger partial charge in [-0.05, 0) is 36.2 Å². The number of aliphatic hydroxyl groups is 1. The van der Waals surface area contributed by atoms with Crippen LogP contribution in [-0.2, 0) is 13.2 Å². The lowest BCUT2D eigenvalue weighted by molar-refractivity contribution is 0.194. The van der Waals surface area contributed by atoms with E-state index in [1.165, 1.54) is 6.33 Å². The van der Waals surface area contributed by atoms with Gasteiger partial charge in [0.25, 0.3) is 0 Å². The first-order chi connectivity index (χ1) is 11.1. The van der Waals surface area contributed by atoms with Gasteiger partial charge in [0.1, 0.15) is 17.8 Å². The number of amides is 1. The van der Waals surface area contributed by atoms with E-state index < -0.39 is 6.09 Å². The number of hydrogen-bond donors (Lipinski definition) is 3. The van der Waals surface area contributed by atoms with Crippen LogP contribution >= 0.6 is 0 Å². The molecule has 0 aliphatic rings. The lowest BCUT2D eigenvalue weighted by atomic mass is 10.0. The van der Waals surface area contributed by atoms with E-state index in [-0.39, 0.29) is 13.2 Å². The molecule has 0 unspecified atom stereocenters. The lowest BCUT2D eigenvalue weighted by Crippen LogP contribution is -2.20. The average Bonchev–Trinajstić information content (AvgIpc) is 2.96. The van der Waals surface area contributed by atoms with Crippen LogP contribution in [0, 0.1) is 6.92 Å². The molecule has 23 heavy (non-hydrogen) atoms. The SMILES string of the molecule is Cc1cc(-c2ncnc3ccc(CO)n23)ccc1CNC(=O)O. The lowest BCUT2D eigenvalue weighted by Gasteiger charge is -2.11. The standard InChI is InChI=1S/C16H16N4O3/c1-10-6-11(2-3-12(10)7-17-16(22)23)15-19-9-18-14-5-4-13(8-21)20(14)15/h2-6,9,17,21H,7-8H2,1H3,(H,22,23). The van der Waals surface area contributed by atoms with Crippen LogP contribution in [-0.4, -0.2) is 30.7 Å². The van der Waals surface area contributed by atoms with Gasteiger partial charge in [-0.1, -0.05) is 12.1 Å². The highest BCUT2D eigenvalue weighted by atomic mass is 16.4. The van der Waals surface area contributed by atoms with Crippen molar-refractivity contribution in [3.63, 3.8) is 0 Å². The molecule has 2 aromatic heterocycles. The second kappa shape index (κ2) is 6.05. The Morgan fingerprint density at radius 3 is 2.78 bits per heavy atom. The number of aromatic nitrogens is 3. The van der Waals surface area contributed by atoms with E-state index in [9.17, 15) is 9.90 Å². The highest BCUT2D eigenvalue weighted by Gasteiger charge is 2.11. The third-order valence-electron chi connectivity index (χ3n) is 3.72. The highest BCUT2D eigenvalue weighted by Crippen LogP contribution is 2.23. The third-order valence-corrected chi connectivity index (χ3v) is 3.72. The van der Waals surface area contributed by atoms with Gasteiger partial charge in [0, 0.05) is 12.1 Å². The Balaban J connectivity index is 2.04. The van der Waals surface area contributed by atoms with Crippen LogP contribution < -0.4 is 5.32 Å². The van der Waals surface area contributed by atoms with Crippen molar-refractivity contribution in [3.8, 4) is 11.4 Å². The van der Waals surface area contributed by atoms with Gasteiger partial charge in [-0.25, -0.2) is 14.8 Å². The summed E-state index contributed by atoms with van der Waals surface area (Å²) in [5.74, 6) is 0.685. The van der Waals surface area contributed by atoms with Gasteiger partial charge in [-0.3, -0.25) is 4.40 Å². The van der Waals surface area contributed by atoms with Crippen molar-refractivity contribution < 1.29 is 15.0 Å². The predicted octanol–water partition coefficient (Wildman–Crippen LogP) is 1.96. The fraction of sp³-hybridized carbons (Fsp3) is 0.188. The second-order valence-corrected chi connectivity index (χ2v) is 5.17. The van der Waals surface area contributed by atoms with Gasteiger partial charge in [0.15, 0.2) is 0 Å². The largest absolute Gasteiger partial charge is 0.465 e. The molecular weight excluding hydrogens is 296 g/mol. The molecule has 118 valence electrons. The molecular formula is C16H16N4O3. The number of aliphatic hydroxyl groups excluding tert-OH is 1. The second-order valence-electron chi connectivity index (χ2n) is 5.17. The number of nitrogens with zero attached hydrogens (tertiary/aromatic N) is 3. The summed E-state index contributed by atoms with van der Waals surface area (Å²) in [6, 6.07) is 9.34. The van der Waals surface area contributed by atoms with Crippen molar-refractivity contribution in [3.05, 3.63) is 53.5 Å². The molecule has 3 aromatic rings. The van der Waals surface area contributed by atoms with Crippen LogP contribution in [0.4, 0.5) is 4.79 Å². The summed E-state index contributed by atoms with van der Waals surface area (Å²) in [7, 11) is 0. The van der Waals surface area contributed by atoms with Gasteiger partial charge in [0.2, 0.25) is 0 Å². The Labute approximate surface area is 132 Å². The van der Waals surface area contributed by atoms with Crippen LogP contribution in [0.25, 0.3) is 17.0 Å². The van der Waals surface area contributed by atoms with Crippen LogP contribution in [0.15, 0.2) is 36.7 Å². The maximum atomic E-state index is 10.6. The average molecular weight is 312 g/mol. The fourth-order valence-electron chi connectivity index (χ4n) is 2.54. The molecule has 1 aromatic carbocycles. The van der Waals surface area contributed by atoms with Crippen molar-refractivity contribution in [2.24, 2.45) is 0 Å². The zero-order valence-electron chi connectivity index (χ0n) is 12.5. The first-order valence-electron chi connectivity index (χ1n) is 7.09. The smallest absolute Gasteiger partial charge is 0.404 e. The molecule has 0 spiro atoms. The summed E-state index contributed by atoms with van der Waals surface area (Å²) in [6.07, 6.45) is 0.437. The minimum Gasteiger partial charge on any atom is -0.465 e. The van der Waals surface area contributed by atoms with Crippen molar-refractivity contribution in [2.45, 2.75) is 20.1 Å². The van der Waals surface area contributed by atoms with E-state index in [0.717, 1.165) is 16.7 Å². The number of fused-ring (bicyclic) bond motifs is 1. The Bertz CT molecular complexity index is 873. The van der Waals surface area contributed by atoms with Gasteiger partial charge in [0.05, 0.1) is 12.3 Å². The maximum absolute atomic E-state index is 10.6. The summed E-state index contributed by atoms with van der Waals surface area (Å²) in [4.78, 5) is 19.1. The summed E-state index contributed by atoms with van der Waals surface area (Å²) >= 11 is 0.